The largest absolute Gasteiger partial charge is 0.363 e. The van der Waals surface area contributed by atoms with Crippen LogP contribution >= 0.6 is 23.2 Å². The number of aryl methyl sites for hydroxylation is 1. The van der Waals surface area contributed by atoms with Crippen LogP contribution in [0.2, 0.25) is 10.0 Å². The smallest absolute Gasteiger partial charge is 0.164 e. The Morgan fingerprint density at radius 3 is 2.68 bits per heavy atom. The van der Waals surface area contributed by atoms with E-state index >= 15 is 0 Å². The van der Waals surface area contributed by atoms with Crippen molar-refractivity contribution in [2.24, 2.45) is 7.05 Å². The Bertz CT molecular complexity index is 1180. The third kappa shape index (κ3) is 3.39. The van der Waals surface area contributed by atoms with Crippen molar-refractivity contribution < 1.29 is 4.39 Å². The van der Waals surface area contributed by atoms with Crippen LogP contribution in [-0.4, -0.2) is 24.7 Å². The number of fused-ring (bicyclic) bond motifs is 1. The first-order chi connectivity index (χ1) is 13.4. The molecule has 0 bridgehead atoms. The molecule has 3 heterocycles. The van der Waals surface area contributed by atoms with Gasteiger partial charge >= 0.3 is 0 Å². The normalized spacial score (nSPS) is 12.3. The molecule has 0 radical (unpaired) electrons. The topological polar surface area (TPSA) is 68.5 Å². The van der Waals surface area contributed by atoms with E-state index in [1.807, 2.05) is 26.2 Å². The van der Waals surface area contributed by atoms with E-state index in [0.717, 1.165) is 16.5 Å². The van der Waals surface area contributed by atoms with Gasteiger partial charge in [-0.15, -0.1) is 0 Å². The summed E-state index contributed by atoms with van der Waals surface area (Å²) in [6.07, 6.45) is 6.81. The zero-order chi connectivity index (χ0) is 19.8. The number of nitrogens with one attached hydrogen (secondary N) is 1. The number of benzene rings is 1. The fraction of sp³-hybridized carbons (Fsp3) is 0.158. The van der Waals surface area contributed by atoms with Gasteiger partial charge < -0.3 is 5.32 Å². The molecule has 4 aromatic rings. The molecule has 0 saturated heterocycles. The molecule has 0 aliphatic carbocycles. The van der Waals surface area contributed by atoms with Crippen LogP contribution in [0.5, 0.6) is 0 Å². The van der Waals surface area contributed by atoms with E-state index < -0.39 is 11.9 Å². The highest BCUT2D eigenvalue weighted by Crippen LogP contribution is 2.35. The Hall–Kier alpha value is -2.77. The van der Waals surface area contributed by atoms with Gasteiger partial charge in [0.05, 0.1) is 22.6 Å². The summed E-state index contributed by atoms with van der Waals surface area (Å²) >= 11 is 12.4. The van der Waals surface area contributed by atoms with E-state index in [4.69, 9.17) is 23.2 Å². The number of anilines is 1. The molecule has 0 saturated carbocycles. The number of pyridine rings is 1. The first-order valence-electron chi connectivity index (χ1n) is 8.43. The molecule has 3 aromatic heterocycles. The second-order valence-corrected chi connectivity index (χ2v) is 7.13. The Morgan fingerprint density at radius 1 is 1.11 bits per heavy atom. The molecular formula is C19H15Cl2FN6. The average Bonchev–Trinajstić information content (AvgIpc) is 3.11. The van der Waals surface area contributed by atoms with E-state index in [-0.39, 0.29) is 5.02 Å². The van der Waals surface area contributed by atoms with Crippen molar-refractivity contribution in [3.8, 4) is 11.1 Å². The maximum absolute atomic E-state index is 13.9. The van der Waals surface area contributed by atoms with E-state index in [1.165, 1.54) is 18.5 Å². The first-order valence-corrected chi connectivity index (χ1v) is 9.19. The summed E-state index contributed by atoms with van der Waals surface area (Å²) in [4.78, 5) is 13.0. The third-order valence-corrected chi connectivity index (χ3v) is 5.11. The average molecular weight is 417 g/mol. The van der Waals surface area contributed by atoms with Crippen molar-refractivity contribution in [1.29, 1.82) is 0 Å². The Kier molecular flexibility index (Phi) is 4.87. The minimum atomic E-state index is -0.525. The molecule has 142 valence electrons. The predicted octanol–water partition coefficient (Wildman–Crippen LogP) is 5.04. The third-order valence-electron chi connectivity index (χ3n) is 4.39. The van der Waals surface area contributed by atoms with Gasteiger partial charge in [0.15, 0.2) is 5.65 Å². The summed E-state index contributed by atoms with van der Waals surface area (Å²) in [5.41, 5.74) is 2.81. The van der Waals surface area contributed by atoms with Crippen molar-refractivity contribution in [2.45, 2.75) is 13.0 Å². The van der Waals surface area contributed by atoms with Crippen LogP contribution in [0, 0.1) is 5.82 Å². The fourth-order valence-electron chi connectivity index (χ4n) is 3.01. The standard InChI is InChI=1S/C19H15Cl2FN6/c1-10(16-14(20)3-4-15(22)17(16)21)27-19-13-5-11(12-7-26-28(2)8-12)6-23-18(13)24-9-25-19/h3-10H,1-2H3,(H,23,24,25,27). The molecular weight excluding hydrogens is 402 g/mol. The van der Waals surface area contributed by atoms with Crippen molar-refractivity contribution in [1.82, 2.24) is 24.7 Å². The minimum Gasteiger partial charge on any atom is -0.363 e. The number of aromatic nitrogens is 5. The van der Waals surface area contributed by atoms with E-state index in [0.29, 0.717) is 22.1 Å². The summed E-state index contributed by atoms with van der Waals surface area (Å²) in [6.45, 7) is 1.83. The van der Waals surface area contributed by atoms with Crippen LogP contribution in [0.15, 0.2) is 43.1 Å². The second kappa shape index (κ2) is 7.33. The lowest BCUT2D eigenvalue weighted by Gasteiger charge is -2.19. The summed E-state index contributed by atoms with van der Waals surface area (Å²) in [5, 5.41) is 8.52. The van der Waals surface area contributed by atoms with Gasteiger partial charge in [0.1, 0.15) is 18.0 Å². The van der Waals surface area contributed by atoms with Gasteiger partial charge in [-0.3, -0.25) is 4.68 Å². The molecule has 0 amide bonds. The molecule has 6 nitrogen and oxygen atoms in total. The quantitative estimate of drug-likeness (QED) is 0.471. The Labute approximate surface area is 170 Å². The fourth-order valence-corrected chi connectivity index (χ4v) is 3.70. The number of hydrogen-bond acceptors (Lipinski definition) is 5. The Balaban J connectivity index is 1.75. The zero-order valence-corrected chi connectivity index (χ0v) is 16.5. The van der Waals surface area contributed by atoms with Gasteiger partial charge in [0, 0.05) is 41.2 Å². The van der Waals surface area contributed by atoms with Gasteiger partial charge in [-0.05, 0) is 25.1 Å². The summed E-state index contributed by atoms with van der Waals surface area (Å²) in [7, 11) is 1.85. The SMILES string of the molecule is CC(Nc1ncnc2ncc(-c3cnn(C)c3)cc12)c1c(Cl)ccc(F)c1Cl. The molecule has 1 unspecified atom stereocenters. The molecule has 1 N–H and O–H groups in total. The van der Waals surface area contributed by atoms with Crippen LogP contribution in [0.1, 0.15) is 18.5 Å². The lowest BCUT2D eigenvalue weighted by atomic mass is 10.1. The number of nitrogens with zero attached hydrogens (tertiary/aromatic N) is 5. The number of rotatable bonds is 4. The van der Waals surface area contributed by atoms with Crippen LogP contribution < -0.4 is 5.32 Å². The highest BCUT2D eigenvalue weighted by molar-refractivity contribution is 6.36. The molecule has 0 fully saturated rings. The van der Waals surface area contributed by atoms with Crippen LogP contribution in [0.3, 0.4) is 0 Å². The molecule has 9 heteroatoms. The van der Waals surface area contributed by atoms with Gasteiger partial charge in [-0.2, -0.15) is 5.10 Å². The molecule has 0 aliphatic rings. The first kappa shape index (κ1) is 18.6. The van der Waals surface area contributed by atoms with E-state index in [9.17, 15) is 4.39 Å². The van der Waals surface area contributed by atoms with Gasteiger partial charge in [0.25, 0.3) is 0 Å². The molecule has 28 heavy (non-hydrogen) atoms. The van der Waals surface area contributed by atoms with Crippen molar-refractivity contribution >= 4 is 40.1 Å². The highest BCUT2D eigenvalue weighted by Gasteiger charge is 2.19. The van der Waals surface area contributed by atoms with Gasteiger partial charge in [-0.1, -0.05) is 23.2 Å². The van der Waals surface area contributed by atoms with Crippen LogP contribution in [0.25, 0.3) is 22.2 Å². The highest BCUT2D eigenvalue weighted by atomic mass is 35.5. The molecule has 1 atom stereocenters. The lowest BCUT2D eigenvalue weighted by Crippen LogP contribution is -2.10. The number of halogens is 3. The second-order valence-electron chi connectivity index (χ2n) is 6.34. The maximum Gasteiger partial charge on any atom is 0.164 e. The Morgan fingerprint density at radius 2 is 1.93 bits per heavy atom. The molecule has 1 aromatic carbocycles. The molecule has 0 aliphatic heterocycles. The van der Waals surface area contributed by atoms with Gasteiger partial charge in [-0.25, -0.2) is 19.3 Å². The molecule has 0 spiro atoms. The lowest BCUT2D eigenvalue weighted by molar-refractivity contribution is 0.624. The van der Waals surface area contributed by atoms with Crippen LogP contribution in [-0.2, 0) is 7.05 Å². The summed E-state index contributed by atoms with van der Waals surface area (Å²) in [6, 6.07) is 4.26. The summed E-state index contributed by atoms with van der Waals surface area (Å²) in [5.74, 6) is 0.0231. The maximum atomic E-state index is 13.9. The van der Waals surface area contributed by atoms with Gasteiger partial charge in [0.2, 0.25) is 0 Å². The van der Waals surface area contributed by atoms with E-state index in [1.54, 1.807) is 17.1 Å². The van der Waals surface area contributed by atoms with Crippen LogP contribution in [0.4, 0.5) is 10.2 Å². The van der Waals surface area contributed by atoms with E-state index in [2.05, 4.69) is 25.4 Å². The summed E-state index contributed by atoms with van der Waals surface area (Å²) < 4.78 is 15.6. The number of hydrogen-bond donors (Lipinski definition) is 1. The zero-order valence-electron chi connectivity index (χ0n) is 15.0. The molecule has 4 rings (SSSR count). The van der Waals surface area contributed by atoms with Crippen molar-refractivity contribution in [2.75, 3.05) is 5.32 Å². The predicted molar refractivity (Wildman–Crippen MR) is 108 cm³/mol. The minimum absolute atomic E-state index is 0.0139. The van der Waals surface area contributed by atoms with Crippen molar-refractivity contribution in [3.63, 3.8) is 0 Å². The monoisotopic (exact) mass is 416 g/mol. The van der Waals surface area contributed by atoms with Crippen molar-refractivity contribution in [3.05, 3.63) is 64.5 Å².